The van der Waals surface area contributed by atoms with Gasteiger partial charge in [-0.3, -0.25) is 4.98 Å². The third kappa shape index (κ3) is 1.54. The number of hydrogen-bond acceptors (Lipinski definition) is 3. The SMILES string of the molecule is CC(N)(C#N)c1ccncc1. The largest absolute Gasteiger partial charge is 0.310 e. The molecule has 56 valence electrons. The van der Waals surface area contributed by atoms with Crippen LogP contribution in [0, 0.1) is 11.3 Å². The molecule has 0 aromatic carbocycles. The summed E-state index contributed by atoms with van der Waals surface area (Å²) >= 11 is 0. The van der Waals surface area contributed by atoms with Gasteiger partial charge in [0.05, 0.1) is 6.07 Å². The summed E-state index contributed by atoms with van der Waals surface area (Å²) in [5, 5.41) is 8.65. The van der Waals surface area contributed by atoms with Gasteiger partial charge in [0, 0.05) is 12.4 Å². The van der Waals surface area contributed by atoms with Crippen molar-refractivity contribution in [3.8, 4) is 6.07 Å². The molecule has 1 aromatic rings. The van der Waals surface area contributed by atoms with Gasteiger partial charge < -0.3 is 5.73 Å². The highest BCUT2D eigenvalue weighted by Gasteiger charge is 2.19. The van der Waals surface area contributed by atoms with Crippen LogP contribution in [0.15, 0.2) is 24.5 Å². The van der Waals surface area contributed by atoms with Gasteiger partial charge in [-0.25, -0.2) is 0 Å². The zero-order valence-corrected chi connectivity index (χ0v) is 6.28. The molecular weight excluding hydrogens is 138 g/mol. The van der Waals surface area contributed by atoms with Crippen LogP contribution >= 0.6 is 0 Å². The van der Waals surface area contributed by atoms with Crippen LogP contribution in [-0.2, 0) is 5.54 Å². The Kier molecular flexibility index (Phi) is 1.88. The molecule has 0 fully saturated rings. The highest BCUT2D eigenvalue weighted by Crippen LogP contribution is 2.14. The summed E-state index contributed by atoms with van der Waals surface area (Å²) in [6.45, 7) is 1.67. The van der Waals surface area contributed by atoms with Gasteiger partial charge >= 0.3 is 0 Å². The van der Waals surface area contributed by atoms with Crippen LogP contribution < -0.4 is 5.73 Å². The average Bonchev–Trinajstić information content (AvgIpc) is 2.06. The van der Waals surface area contributed by atoms with Crippen molar-refractivity contribution in [3.63, 3.8) is 0 Å². The molecule has 2 N–H and O–H groups in total. The van der Waals surface area contributed by atoms with Crippen molar-refractivity contribution in [2.24, 2.45) is 5.73 Å². The van der Waals surface area contributed by atoms with E-state index < -0.39 is 5.54 Å². The van der Waals surface area contributed by atoms with E-state index in [-0.39, 0.29) is 0 Å². The summed E-state index contributed by atoms with van der Waals surface area (Å²) in [5.41, 5.74) is 5.54. The fourth-order valence-electron chi connectivity index (χ4n) is 0.763. The van der Waals surface area contributed by atoms with Crippen molar-refractivity contribution in [1.82, 2.24) is 4.98 Å². The van der Waals surface area contributed by atoms with Crippen LogP contribution in [0.1, 0.15) is 12.5 Å². The van der Waals surface area contributed by atoms with E-state index in [4.69, 9.17) is 11.0 Å². The Morgan fingerprint density at radius 2 is 2.09 bits per heavy atom. The average molecular weight is 147 g/mol. The number of aromatic nitrogens is 1. The number of nitrogens with zero attached hydrogens (tertiary/aromatic N) is 2. The van der Waals surface area contributed by atoms with Gasteiger partial charge in [-0.2, -0.15) is 5.26 Å². The van der Waals surface area contributed by atoms with Crippen LogP contribution in [-0.4, -0.2) is 4.98 Å². The van der Waals surface area contributed by atoms with Crippen molar-refractivity contribution in [1.29, 1.82) is 5.26 Å². The predicted molar refractivity (Wildman–Crippen MR) is 41.4 cm³/mol. The summed E-state index contributed by atoms with van der Waals surface area (Å²) in [4.78, 5) is 3.83. The quantitative estimate of drug-likeness (QED) is 0.638. The molecule has 11 heavy (non-hydrogen) atoms. The molecular formula is C8H9N3. The molecule has 0 saturated heterocycles. The first-order valence-electron chi connectivity index (χ1n) is 3.27. The minimum atomic E-state index is -0.900. The predicted octanol–water partition coefficient (Wildman–Crippen LogP) is 0.779. The Morgan fingerprint density at radius 1 is 1.55 bits per heavy atom. The van der Waals surface area contributed by atoms with Gasteiger partial charge in [0.25, 0.3) is 0 Å². The Morgan fingerprint density at radius 3 is 2.55 bits per heavy atom. The zero-order valence-electron chi connectivity index (χ0n) is 6.28. The maximum Gasteiger partial charge on any atom is 0.127 e. The summed E-state index contributed by atoms with van der Waals surface area (Å²) in [6.07, 6.45) is 3.25. The smallest absolute Gasteiger partial charge is 0.127 e. The van der Waals surface area contributed by atoms with E-state index in [1.807, 2.05) is 6.07 Å². The minimum absolute atomic E-state index is 0.787. The monoisotopic (exact) mass is 147 g/mol. The molecule has 1 rings (SSSR count). The molecule has 0 bridgehead atoms. The molecule has 3 nitrogen and oxygen atoms in total. The van der Waals surface area contributed by atoms with Gasteiger partial charge in [-0.05, 0) is 24.6 Å². The second-order valence-electron chi connectivity index (χ2n) is 2.55. The highest BCUT2D eigenvalue weighted by atomic mass is 14.7. The van der Waals surface area contributed by atoms with Gasteiger partial charge in [0.2, 0.25) is 0 Å². The van der Waals surface area contributed by atoms with E-state index in [2.05, 4.69) is 4.98 Å². The lowest BCUT2D eigenvalue weighted by Crippen LogP contribution is -2.30. The number of hydrogen-bond donors (Lipinski definition) is 1. The molecule has 0 aliphatic carbocycles. The van der Waals surface area contributed by atoms with E-state index in [9.17, 15) is 0 Å². The van der Waals surface area contributed by atoms with Crippen LogP contribution in [0.2, 0.25) is 0 Å². The lowest BCUT2D eigenvalue weighted by Gasteiger charge is -2.14. The van der Waals surface area contributed by atoms with E-state index in [0.29, 0.717) is 0 Å². The van der Waals surface area contributed by atoms with E-state index >= 15 is 0 Å². The van der Waals surface area contributed by atoms with Gasteiger partial charge in [0.1, 0.15) is 5.54 Å². The number of nitrogens with two attached hydrogens (primary N) is 1. The third-order valence-electron chi connectivity index (χ3n) is 1.51. The minimum Gasteiger partial charge on any atom is -0.310 e. The van der Waals surface area contributed by atoms with Crippen LogP contribution in [0.5, 0.6) is 0 Å². The van der Waals surface area contributed by atoms with Crippen molar-refractivity contribution in [2.45, 2.75) is 12.5 Å². The number of nitriles is 1. The molecule has 0 spiro atoms. The van der Waals surface area contributed by atoms with Gasteiger partial charge in [0.15, 0.2) is 0 Å². The first kappa shape index (κ1) is 7.70. The first-order valence-corrected chi connectivity index (χ1v) is 3.27. The number of pyridine rings is 1. The third-order valence-corrected chi connectivity index (χ3v) is 1.51. The topological polar surface area (TPSA) is 62.7 Å². The normalized spacial score (nSPS) is 15.0. The Balaban J connectivity index is 3.05. The van der Waals surface area contributed by atoms with E-state index in [0.717, 1.165) is 5.56 Å². The molecule has 1 unspecified atom stereocenters. The van der Waals surface area contributed by atoms with E-state index in [1.54, 1.807) is 31.5 Å². The molecule has 1 aromatic heterocycles. The Labute approximate surface area is 65.5 Å². The first-order chi connectivity index (χ1) is 5.17. The van der Waals surface area contributed by atoms with Crippen LogP contribution in [0.4, 0.5) is 0 Å². The second kappa shape index (κ2) is 2.69. The Bertz CT molecular complexity index is 271. The molecule has 3 heteroatoms. The Hall–Kier alpha value is -1.40. The molecule has 0 amide bonds. The molecule has 0 saturated carbocycles. The molecule has 0 radical (unpaired) electrons. The lowest BCUT2D eigenvalue weighted by molar-refractivity contribution is 0.645. The molecule has 0 aliphatic heterocycles. The summed E-state index contributed by atoms with van der Waals surface area (Å²) in [6, 6.07) is 5.49. The summed E-state index contributed by atoms with van der Waals surface area (Å²) in [5.74, 6) is 0. The van der Waals surface area contributed by atoms with Crippen molar-refractivity contribution in [3.05, 3.63) is 30.1 Å². The molecule has 1 atom stereocenters. The van der Waals surface area contributed by atoms with E-state index in [1.165, 1.54) is 0 Å². The van der Waals surface area contributed by atoms with Crippen molar-refractivity contribution >= 4 is 0 Å². The fraction of sp³-hybridized carbons (Fsp3) is 0.250. The summed E-state index contributed by atoms with van der Waals surface area (Å²) in [7, 11) is 0. The number of rotatable bonds is 1. The maximum absolute atomic E-state index is 8.65. The maximum atomic E-state index is 8.65. The molecule has 1 heterocycles. The van der Waals surface area contributed by atoms with Gasteiger partial charge in [-0.1, -0.05) is 0 Å². The van der Waals surface area contributed by atoms with Crippen LogP contribution in [0.3, 0.4) is 0 Å². The van der Waals surface area contributed by atoms with Gasteiger partial charge in [-0.15, -0.1) is 0 Å². The lowest BCUT2D eigenvalue weighted by atomic mass is 9.96. The second-order valence-corrected chi connectivity index (χ2v) is 2.55. The standard InChI is InChI=1S/C8H9N3/c1-8(10,6-9)7-2-4-11-5-3-7/h2-5H,10H2,1H3. The highest BCUT2D eigenvalue weighted by molar-refractivity contribution is 5.26. The van der Waals surface area contributed by atoms with Crippen molar-refractivity contribution in [2.75, 3.05) is 0 Å². The van der Waals surface area contributed by atoms with Crippen LogP contribution in [0.25, 0.3) is 0 Å². The zero-order chi connectivity index (χ0) is 8.32. The molecule has 0 aliphatic rings. The van der Waals surface area contributed by atoms with Crippen molar-refractivity contribution < 1.29 is 0 Å². The summed E-state index contributed by atoms with van der Waals surface area (Å²) < 4.78 is 0. The fourth-order valence-corrected chi connectivity index (χ4v) is 0.763.